The maximum Gasteiger partial charge on any atom is 0.389 e. The average molecular weight is 549 g/mol. The number of pyridine rings is 1. The van der Waals surface area contributed by atoms with Gasteiger partial charge < -0.3 is 16.0 Å². The summed E-state index contributed by atoms with van der Waals surface area (Å²) in [7, 11) is 1.65. The van der Waals surface area contributed by atoms with E-state index in [1.54, 1.807) is 25.2 Å². The third-order valence-electron chi connectivity index (χ3n) is 7.59. The van der Waals surface area contributed by atoms with Gasteiger partial charge in [0.25, 0.3) is 5.91 Å². The Morgan fingerprint density at radius 3 is 2.33 bits per heavy atom. The summed E-state index contributed by atoms with van der Waals surface area (Å²) in [6, 6.07) is 3.65. The molecule has 2 aliphatic carbocycles. The van der Waals surface area contributed by atoms with Gasteiger partial charge in [-0.15, -0.1) is 0 Å². The smallest absolute Gasteiger partial charge is 0.349 e. The predicted molar refractivity (Wildman–Crippen MR) is 137 cm³/mol. The molecule has 3 amide bonds. The normalized spacial score (nSPS) is 21.1. The van der Waals surface area contributed by atoms with Crippen molar-refractivity contribution in [2.75, 3.05) is 5.32 Å². The fourth-order valence-electron chi connectivity index (χ4n) is 5.14. The summed E-state index contributed by atoms with van der Waals surface area (Å²) in [5.41, 5.74) is 0.996. The first kappa shape index (κ1) is 28.6. The third-order valence-corrected chi connectivity index (χ3v) is 7.59. The molecular formula is C27H35F3N6O3. The van der Waals surface area contributed by atoms with Crippen LogP contribution in [0.15, 0.2) is 30.6 Å². The fourth-order valence-corrected chi connectivity index (χ4v) is 5.14. The molecule has 0 aliphatic heterocycles. The summed E-state index contributed by atoms with van der Waals surface area (Å²) >= 11 is 0. The number of halogens is 3. The molecule has 2 aliphatic rings. The van der Waals surface area contributed by atoms with Gasteiger partial charge in [-0.05, 0) is 67.2 Å². The van der Waals surface area contributed by atoms with Crippen molar-refractivity contribution in [3.63, 3.8) is 0 Å². The molecular weight excluding hydrogens is 513 g/mol. The largest absolute Gasteiger partial charge is 0.389 e. The number of nitrogens with zero attached hydrogens (tertiary/aromatic N) is 3. The molecule has 2 aromatic rings. The van der Waals surface area contributed by atoms with Gasteiger partial charge in [-0.3, -0.25) is 19.1 Å². The van der Waals surface area contributed by atoms with Crippen molar-refractivity contribution >= 4 is 23.5 Å². The average Bonchev–Trinajstić information content (AvgIpc) is 3.64. The molecule has 12 heteroatoms. The maximum atomic E-state index is 13.5. The Morgan fingerprint density at radius 1 is 1.03 bits per heavy atom. The minimum atomic E-state index is -4.40. The van der Waals surface area contributed by atoms with Crippen LogP contribution in [0.25, 0.3) is 0 Å². The Kier molecular flexibility index (Phi) is 8.91. The zero-order valence-electron chi connectivity index (χ0n) is 22.1. The molecule has 0 aromatic carbocycles. The van der Waals surface area contributed by atoms with Crippen molar-refractivity contribution in [3.05, 3.63) is 41.9 Å². The molecule has 212 valence electrons. The monoisotopic (exact) mass is 548 g/mol. The second-order valence-corrected chi connectivity index (χ2v) is 10.8. The van der Waals surface area contributed by atoms with Gasteiger partial charge in [0.2, 0.25) is 11.8 Å². The number of aromatic nitrogens is 3. The number of rotatable bonds is 10. The van der Waals surface area contributed by atoms with E-state index in [4.69, 9.17) is 0 Å². The summed E-state index contributed by atoms with van der Waals surface area (Å²) in [5.74, 6) is -0.595. The van der Waals surface area contributed by atoms with Gasteiger partial charge in [0, 0.05) is 25.9 Å². The highest BCUT2D eigenvalue weighted by Gasteiger charge is 2.36. The second-order valence-electron chi connectivity index (χ2n) is 10.8. The van der Waals surface area contributed by atoms with E-state index in [9.17, 15) is 27.6 Å². The first-order valence-corrected chi connectivity index (χ1v) is 13.4. The zero-order valence-corrected chi connectivity index (χ0v) is 22.1. The summed E-state index contributed by atoms with van der Waals surface area (Å²) < 4.78 is 39.1. The molecule has 0 saturated heterocycles. The van der Waals surface area contributed by atoms with Crippen molar-refractivity contribution in [1.82, 2.24) is 25.4 Å². The molecule has 1 unspecified atom stereocenters. The number of amides is 3. The molecule has 2 aromatic heterocycles. The molecule has 2 fully saturated rings. The molecule has 2 saturated carbocycles. The van der Waals surface area contributed by atoms with Gasteiger partial charge >= 0.3 is 6.18 Å². The maximum absolute atomic E-state index is 13.5. The minimum Gasteiger partial charge on any atom is -0.349 e. The molecule has 3 N–H and O–H groups in total. The number of carbonyl (C=O) groups is 3. The number of hydrogen-bond donors (Lipinski definition) is 3. The van der Waals surface area contributed by atoms with Crippen LogP contribution in [0.2, 0.25) is 0 Å². The van der Waals surface area contributed by atoms with Gasteiger partial charge in [0.05, 0.1) is 12.5 Å². The Labute approximate surface area is 225 Å². The van der Waals surface area contributed by atoms with Gasteiger partial charge in [0.1, 0.15) is 17.6 Å². The van der Waals surface area contributed by atoms with Crippen molar-refractivity contribution in [1.29, 1.82) is 0 Å². The van der Waals surface area contributed by atoms with E-state index in [-0.39, 0.29) is 17.7 Å². The van der Waals surface area contributed by atoms with Crippen LogP contribution < -0.4 is 16.0 Å². The van der Waals surface area contributed by atoms with Gasteiger partial charge in [0.15, 0.2) is 0 Å². The molecule has 0 bridgehead atoms. The van der Waals surface area contributed by atoms with Crippen LogP contribution >= 0.6 is 0 Å². The Hall–Kier alpha value is -3.44. The number of carbonyl (C=O) groups excluding carboxylic acids is 3. The lowest BCUT2D eigenvalue weighted by Crippen LogP contribution is -2.49. The highest BCUT2D eigenvalue weighted by atomic mass is 19.4. The lowest BCUT2D eigenvalue weighted by atomic mass is 9.79. The van der Waals surface area contributed by atoms with E-state index in [1.165, 1.54) is 17.1 Å². The minimum absolute atomic E-state index is 0.0475. The van der Waals surface area contributed by atoms with Crippen molar-refractivity contribution in [3.8, 4) is 0 Å². The van der Waals surface area contributed by atoms with E-state index >= 15 is 0 Å². The Bertz CT molecular complexity index is 1170. The third kappa shape index (κ3) is 8.03. The number of alkyl halides is 3. The molecule has 0 spiro atoms. The van der Waals surface area contributed by atoms with Crippen LogP contribution in [0.5, 0.6) is 0 Å². The highest BCUT2D eigenvalue weighted by Crippen LogP contribution is 2.41. The summed E-state index contributed by atoms with van der Waals surface area (Å²) in [4.78, 5) is 43.0. The van der Waals surface area contributed by atoms with Crippen molar-refractivity contribution in [2.45, 2.75) is 76.6 Å². The second kappa shape index (κ2) is 12.2. The number of hydrogen-bond acceptors (Lipinski definition) is 5. The van der Waals surface area contributed by atoms with E-state index in [1.807, 2.05) is 0 Å². The van der Waals surface area contributed by atoms with Gasteiger partial charge in [-0.25, -0.2) is 4.98 Å². The topological polar surface area (TPSA) is 118 Å². The first-order valence-electron chi connectivity index (χ1n) is 13.4. The van der Waals surface area contributed by atoms with Crippen LogP contribution in [-0.2, 0) is 16.6 Å². The molecule has 4 rings (SSSR count). The number of nitrogens with one attached hydrogen (secondary N) is 3. The quantitative estimate of drug-likeness (QED) is 0.410. The number of anilines is 1. The highest BCUT2D eigenvalue weighted by molar-refractivity contribution is 6.00. The Balaban J connectivity index is 1.47. The fraction of sp³-hybridized carbons (Fsp3) is 0.593. The summed E-state index contributed by atoms with van der Waals surface area (Å²) in [6.45, 7) is 2.17. The van der Waals surface area contributed by atoms with E-state index in [0.717, 1.165) is 38.5 Å². The standard InChI is InChI=1S/C27H35F3N6O3/c1-16-3-5-18(6-4-16)24(35-25(38)20-11-14-32-36(20)2)26(39)33-21-15-19(10-13-31-21)23(17-7-8-17)34-22(37)9-12-27(28,29)30/h10-11,13-18,23-24H,3-9,12H2,1-2H3,(H,34,37)(H,35,38)(H,31,33,39)/t16?,18?,23?,24-/m0/s1. The molecule has 2 atom stereocenters. The van der Waals surface area contributed by atoms with Crippen LogP contribution in [0.4, 0.5) is 19.0 Å². The van der Waals surface area contributed by atoms with Crippen molar-refractivity contribution in [2.24, 2.45) is 24.8 Å². The van der Waals surface area contributed by atoms with Crippen LogP contribution in [-0.4, -0.2) is 44.7 Å². The predicted octanol–water partition coefficient (Wildman–Crippen LogP) is 4.29. The molecule has 39 heavy (non-hydrogen) atoms. The Morgan fingerprint density at radius 2 is 1.72 bits per heavy atom. The van der Waals surface area contributed by atoms with E-state index in [2.05, 4.69) is 33.0 Å². The SMILES string of the molecule is CC1CCC([C@H](NC(=O)c2ccnn2C)C(=O)Nc2cc(C(NC(=O)CCC(F)(F)F)C3CC3)ccn2)CC1. The first-order chi connectivity index (χ1) is 18.5. The van der Waals surface area contributed by atoms with Crippen LogP contribution in [0.3, 0.4) is 0 Å². The van der Waals surface area contributed by atoms with Crippen LogP contribution in [0, 0.1) is 17.8 Å². The van der Waals surface area contributed by atoms with Gasteiger partial charge in [-0.1, -0.05) is 19.8 Å². The lowest BCUT2D eigenvalue weighted by molar-refractivity contribution is -0.144. The molecule has 0 radical (unpaired) electrons. The van der Waals surface area contributed by atoms with Crippen molar-refractivity contribution < 1.29 is 27.6 Å². The summed E-state index contributed by atoms with van der Waals surface area (Å²) in [6.07, 6.45) is 1.99. The number of aryl methyl sites for hydroxylation is 1. The lowest BCUT2D eigenvalue weighted by Gasteiger charge is -2.32. The molecule has 2 heterocycles. The molecule has 9 nitrogen and oxygen atoms in total. The summed E-state index contributed by atoms with van der Waals surface area (Å²) in [5, 5.41) is 12.5. The van der Waals surface area contributed by atoms with E-state index < -0.39 is 48.8 Å². The zero-order chi connectivity index (χ0) is 28.2. The van der Waals surface area contributed by atoms with E-state index in [0.29, 0.717) is 17.2 Å². The van der Waals surface area contributed by atoms with Gasteiger partial charge in [-0.2, -0.15) is 18.3 Å². The van der Waals surface area contributed by atoms with Crippen LogP contribution in [0.1, 0.15) is 80.4 Å².